The molecule has 1 fully saturated rings. The van der Waals surface area contributed by atoms with Crippen LogP contribution in [0.2, 0.25) is 0 Å². The molecule has 0 bridgehead atoms. The molecule has 1 N–H and O–H groups in total. The third kappa shape index (κ3) is 5.81. The van der Waals surface area contributed by atoms with Crippen molar-refractivity contribution < 1.29 is 23.2 Å². The molecule has 1 amide bonds. The van der Waals surface area contributed by atoms with Crippen molar-refractivity contribution in [3.05, 3.63) is 39.5 Å². The van der Waals surface area contributed by atoms with E-state index >= 15 is 0 Å². The monoisotopic (exact) mass is 455 g/mol. The lowest BCUT2D eigenvalue weighted by molar-refractivity contribution is 0.00578. The molecule has 1 aliphatic heterocycles. The first-order valence-electron chi connectivity index (χ1n) is 9.18. The first-order chi connectivity index (χ1) is 12.7. The molecular formula is C20H28BBrFNO4. The Balaban J connectivity index is 2.30. The van der Waals surface area contributed by atoms with Gasteiger partial charge in [-0.2, -0.15) is 0 Å². The van der Waals surface area contributed by atoms with Gasteiger partial charge in [0, 0.05) is 11.0 Å². The van der Waals surface area contributed by atoms with Gasteiger partial charge in [-0.1, -0.05) is 22.0 Å². The van der Waals surface area contributed by atoms with Crippen molar-refractivity contribution in [2.24, 2.45) is 0 Å². The number of carbonyl (C=O) groups excluding carboxylic acids is 1. The number of halogens is 2. The van der Waals surface area contributed by atoms with Gasteiger partial charge >= 0.3 is 13.2 Å². The highest BCUT2D eigenvalue weighted by molar-refractivity contribution is 9.10. The zero-order valence-electron chi connectivity index (χ0n) is 17.5. The molecule has 0 atom stereocenters. The summed E-state index contributed by atoms with van der Waals surface area (Å²) in [6.45, 7) is 13.3. The summed E-state index contributed by atoms with van der Waals surface area (Å²) in [6.07, 6.45) is 1.21. The Kier molecular flexibility index (Phi) is 6.68. The molecule has 0 aliphatic carbocycles. The van der Waals surface area contributed by atoms with Crippen LogP contribution in [0, 0.1) is 5.82 Å². The van der Waals surface area contributed by atoms with E-state index in [0.717, 1.165) is 4.47 Å². The molecule has 5 nitrogen and oxygen atoms in total. The first kappa shape index (κ1) is 22.9. The lowest BCUT2D eigenvalue weighted by Crippen LogP contribution is -2.41. The van der Waals surface area contributed by atoms with Gasteiger partial charge in [-0.3, -0.25) is 0 Å². The van der Waals surface area contributed by atoms with Gasteiger partial charge in [0.05, 0.1) is 11.2 Å². The fourth-order valence-electron chi connectivity index (χ4n) is 2.51. The van der Waals surface area contributed by atoms with Crippen LogP contribution in [0.5, 0.6) is 0 Å². The average Bonchev–Trinajstić information content (AvgIpc) is 2.73. The van der Waals surface area contributed by atoms with E-state index in [1.165, 1.54) is 12.1 Å². The first-order valence-corrected chi connectivity index (χ1v) is 9.97. The van der Waals surface area contributed by atoms with E-state index in [-0.39, 0.29) is 12.4 Å². The van der Waals surface area contributed by atoms with E-state index in [9.17, 15) is 9.18 Å². The molecule has 2 rings (SSSR count). The summed E-state index contributed by atoms with van der Waals surface area (Å²) in [4.78, 5) is 12.1. The van der Waals surface area contributed by atoms with Gasteiger partial charge in [0.2, 0.25) is 0 Å². The Hall–Kier alpha value is -1.38. The van der Waals surface area contributed by atoms with Crippen LogP contribution >= 0.6 is 15.9 Å². The summed E-state index contributed by atoms with van der Waals surface area (Å²) in [5, 5.41) is 2.73. The van der Waals surface area contributed by atoms with E-state index < -0.39 is 30.0 Å². The molecule has 1 aromatic carbocycles. The summed E-state index contributed by atoms with van der Waals surface area (Å²) < 4.78 is 32.0. The van der Waals surface area contributed by atoms with E-state index in [1.807, 2.05) is 27.7 Å². The van der Waals surface area contributed by atoms with Crippen molar-refractivity contribution in [3.8, 4) is 0 Å². The molecule has 1 heterocycles. The Morgan fingerprint density at radius 2 is 1.82 bits per heavy atom. The summed E-state index contributed by atoms with van der Waals surface area (Å²) >= 11 is 3.43. The lowest BCUT2D eigenvalue weighted by atomic mass is 9.77. The van der Waals surface area contributed by atoms with Crippen molar-refractivity contribution in [2.45, 2.75) is 65.3 Å². The topological polar surface area (TPSA) is 56.8 Å². The zero-order valence-corrected chi connectivity index (χ0v) is 19.1. The van der Waals surface area contributed by atoms with Crippen LogP contribution in [0.25, 0.3) is 6.08 Å². The largest absolute Gasteiger partial charge is 0.492 e. The van der Waals surface area contributed by atoms with Crippen LogP contribution in [-0.2, 0) is 14.0 Å². The number of hydrogen-bond acceptors (Lipinski definition) is 4. The number of benzene rings is 1. The molecule has 8 heteroatoms. The van der Waals surface area contributed by atoms with Crippen LogP contribution in [0.4, 0.5) is 9.18 Å². The maximum atomic E-state index is 13.7. The minimum atomic E-state index is -0.685. The van der Waals surface area contributed by atoms with Gasteiger partial charge < -0.3 is 19.4 Å². The molecule has 28 heavy (non-hydrogen) atoms. The molecular weight excluding hydrogens is 428 g/mol. The second-order valence-corrected chi connectivity index (χ2v) is 9.68. The fourth-order valence-corrected chi connectivity index (χ4v) is 2.87. The lowest BCUT2D eigenvalue weighted by Gasteiger charge is -2.32. The van der Waals surface area contributed by atoms with Gasteiger partial charge in [-0.25, -0.2) is 9.18 Å². The highest BCUT2D eigenvalue weighted by Gasteiger charge is 2.52. The highest BCUT2D eigenvalue weighted by Crippen LogP contribution is 2.39. The second kappa shape index (κ2) is 8.16. The van der Waals surface area contributed by atoms with Crippen molar-refractivity contribution in [1.29, 1.82) is 0 Å². The SMILES string of the molecule is CC(C)(C)OC(=O)NCC(=Cc1cc(F)ccc1Br)B1OC(C)(C)C(C)(C)O1. The van der Waals surface area contributed by atoms with Crippen molar-refractivity contribution >= 4 is 35.2 Å². The smallest absolute Gasteiger partial charge is 0.444 e. The van der Waals surface area contributed by atoms with E-state index in [1.54, 1.807) is 32.9 Å². The number of nitrogens with one attached hydrogen (secondary N) is 1. The Morgan fingerprint density at radius 3 is 2.36 bits per heavy atom. The number of rotatable bonds is 4. The predicted molar refractivity (Wildman–Crippen MR) is 112 cm³/mol. The highest BCUT2D eigenvalue weighted by atomic mass is 79.9. The van der Waals surface area contributed by atoms with Crippen molar-refractivity contribution in [1.82, 2.24) is 5.32 Å². The van der Waals surface area contributed by atoms with Crippen LogP contribution in [-0.4, -0.2) is 36.6 Å². The van der Waals surface area contributed by atoms with Gasteiger partial charge in [-0.15, -0.1) is 0 Å². The summed E-state index contributed by atoms with van der Waals surface area (Å²) in [5.74, 6) is -0.359. The van der Waals surface area contributed by atoms with Gasteiger partial charge in [-0.05, 0) is 77.7 Å². The minimum Gasteiger partial charge on any atom is -0.444 e. The third-order valence-corrected chi connectivity index (χ3v) is 5.41. The van der Waals surface area contributed by atoms with Crippen LogP contribution in [0.1, 0.15) is 54.0 Å². The Labute approximate surface area is 175 Å². The number of amides is 1. The molecule has 154 valence electrons. The molecule has 1 aliphatic rings. The van der Waals surface area contributed by atoms with E-state index in [0.29, 0.717) is 11.0 Å². The fraction of sp³-hybridized carbons (Fsp3) is 0.550. The molecule has 0 aromatic heterocycles. The maximum absolute atomic E-state index is 13.7. The van der Waals surface area contributed by atoms with E-state index in [4.69, 9.17) is 14.0 Å². The van der Waals surface area contributed by atoms with Crippen molar-refractivity contribution in [3.63, 3.8) is 0 Å². The molecule has 0 radical (unpaired) electrons. The molecule has 0 unspecified atom stereocenters. The van der Waals surface area contributed by atoms with Gasteiger partial charge in [0.25, 0.3) is 0 Å². The summed E-state index contributed by atoms with van der Waals surface area (Å²) in [5.41, 5.74) is -0.417. The van der Waals surface area contributed by atoms with Crippen molar-refractivity contribution in [2.75, 3.05) is 6.54 Å². The quantitative estimate of drug-likeness (QED) is 0.639. The molecule has 1 saturated heterocycles. The van der Waals surface area contributed by atoms with Crippen LogP contribution in [0.15, 0.2) is 28.1 Å². The second-order valence-electron chi connectivity index (χ2n) is 8.83. The third-order valence-electron chi connectivity index (χ3n) is 4.69. The maximum Gasteiger partial charge on any atom is 0.492 e. The predicted octanol–water partition coefficient (Wildman–Crippen LogP) is 5.13. The van der Waals surface area contributed by atoms with Gasteiger partial charge in [0.15, 0.2) is 0 Å². The molecule has 0 spiro atoms. The Bertz CT molecular complexity index is 758. The average molecular weight is 456 g/mol. The number of carbonyl (C=O) groups is 1. The normalized spacial score (nSPS) is 18.9. The zero-order chi connectivity index (χ0) is 21.3. The summed E-state index contributed by atoms with van der Waals surface area (Å²) in [7, 11) is -0.685. The summed E-state index contributed by atoms with van der Waals surface area (Å²) in [6, 6.07) is 4.40. The minimum absolute atomic E-state index is 0.134. The number of alkyl carbamates (subject to hydrolysis) is 1. The molecule has 1 aromatic rings. The number of ether oxygens (including phenoxy) is 1. The van der Waals surface area contributed by atoms with Crippen LogP contribution < -0.4 is 5.32 Å². The molecule has 0 saturated carbocycles. The number of hydrogen-bond donors (Lipinski definition) is 1. The van der Waals surface area contributed by atoms with E-state index in [2.05, 4.69) is 21.2 Å². The Morgan fingerprint density at radius 1 is 1.25 bits per heavy atom. The van der Waals surface area contributed by atoms with Crippen LogP contribution in [0.3, 0.4) is 0 Å². The standard InChI is InChI=1S/C20H28BBrFNO4/c1-18(2,3)26-17(25)24-12-14(10-13-11-15(23)8-9-16(13)22)21-27-19(4,5)20(6,7)28-21/h8-11H,12H2,1-7H3,(H,24,25). The van der Waals surface area contributed by atoms with Gasteiger partial charge in [0.1, 0.15) is 11.4 Å².